The first kappa shape index (κ1) is 28.2. The maximum atomic E-state index is 12.3. The predicted octanol–water partition coefficient (Wildman–Crippen LogP) is 2.63. The number of ether oxygens (including phenoxy) is 1. The summed E-state index contributed by atoms with van der Waals surface area (Å²) in [5, 5.41) is 6.46. The zero-order valence-corrected chi connectivity index (χ0v) is 21.8. The molecule has 1 rings (SSSR count). The fourth-order valence-corrected chi connectivity index (χ4v) is 3.72. The lowest BCUT2D eigenvalue weighted by Gasteiger charge is -2.33. The molecule has 10 heteroatoms. The smallest absolute Gasteiger partial charge is 0.410 e. The van der Waals surface area contributed by atoms with Crippen molar-refractivity contribution in [3.05, 3.63) is 0 Å². The molecule has 8 nitrogen and oxygen atoms in total. The number of hydrogen-bond acceptors (Lipinski definition) is 5. The summed E-state index contributed by atoms with van der Waals surface area (Å²) in [5.41, 5.74) is -0.494. The number of carbonyl (C=O) groups excluding carboxylic acids is 1. The van der Waals surface area contributed by atoms with Crippen LogP contribution in [-0.2, 0) is 14.6 Å². The van der Waals surface area contributed by atoms with Gasteiger partial charge in [-0.3, -0.25) is 4.99 Å². The summed E-state index contributed by atoms with van der Waals surface area (Å²) in [6, 6.07) is -0.00265. The molecule has 1 aliphatic rings. The van der Waals surface area contributed by atoms with Gasteiger partial charge in [0.2, 0.25) is 0 Å². The van der Waals surface area contributed by atoms with Crippen LogP contribution in [0.1, 0.15) is 53.9 Å². The third-order valence-corrected chi connectivity index (χ3v) is 5.30. The molecule has 0 aliphatic carbocycles. The molecule has 2 atom stereocenters. The number of aliphatic imine (C=N–C) groups is 1. The number of carbonyl (C=O) groups is 1. The van der Waals surface area contributed by atoms with E-state index in [4.69, 9.17) is 4.74 Å². The molecule has 0 aromatic carbocycles. The monoisotopic (exact) mass is 546 g/mol. The first-order valence-corrected chi connectivity index (χ1v) is 12.2. The summed E-state index contributed by atoms with van der Waals surface area (Å²) < 4.78 is 28.1. The Morgan fingerprint density at radius 2 is 2.00 bits per heavy atom. The van der Waals surface area contributed by atoms with E-state index < -0.39 is 15.4 Å². The Morgan fingerprint density at radius 1 is 1.34 bits per heavy atom. The van der Waals surface area contributed by atoms with Crippen molar-refractivity contribution in [2.75, 3.05) is 38.2 Å². The van der Waals surface area contributed by atoms with Crippen molar-refractivity contribution in [1.29, 1.82) is 0 Å². The SMILES string of the molecule is CCNC(=NCC1CCCN(C(=O)OC(C)(C)C)C1)NC(C)CCS(C)(=O)=O.I. The molecular weight excluding hydrogens is 507 g/mol. The van der Waals surface area contributed by atoms with Gasteiger partial charge in [-0.05, 0) is 59.8 Å². The van der Waals surface area contributed by atoms with Crippen molar-refractivity contribution in [3.63, 3.8) is 0 Å². The maximum Gasteiger partial charge on any atom is 0.410 e. The lowest BCUT2D eigenvalue weighted by molar-refractivity contribution is 0.0170. The Labute approximate surface area is 193 Å². The van der Waals surface area contributed by atoms with E-state index in [-0.39, 0.29) is 47.8 Å². The fraction of sp³-hybridized carbons (Fsp3) is 0.895. The number of piperidine rings is 1. The van der Waals surface area contributed by atoms with Gasteiger partial charge in [0.25, 0.3) is 0 Å². The van der Waals surface area contributed by atoms with E-state index in [1.807, 2.05) is 34.6 Å². The van der Waals surface area contributed by atoms with Crippen LogP contribution in [0, 0.1) is 5.92 Å². The Balaban J connectivity index is 0.00000784. The first-order valence-electron chi connectivity index (χ1n) is 10.1. The molecule has 0 saturated carbocycles. The van der Waals surface area contributed by atoms with Gasteiger partial charge >= 0.3 is 6.09 Å². The molecule has 2 N–H and O–H groups in total. The Morgan fingerprint density at radius 3 is 2.55 bits per heavy atom. The largest absolute Gasteiger partial charge is 0.444 e. The van der Waals surface area contributed by atoms with Crippen molar-refractivity contribution in [2.24, 2.45) is 10.9 Å². The highest BCUT2D eigenvalue weighted by Gasteiger charge is 2.27. The highest BCUT2D eigenvalue weighted by molar-refractivity contribution is 14.0. The van der Waals surface area contributed by atoms with Crippen molar-refractivity contribution in [2.45, 2.75) is 65.5 Å². The number of amides is 1. The van der Waals surface area contributed by atoms with Crippen LogP contribution in [0.2, 0.25) is 0 Å². The van der Waals surface area contributed by atoms with Crippen molar-refractivity contribution >= 4 is 45.9 Å². The van der Waals surface area contributed by atoms with Crippen molar-refractivity contribution in [3.8, 4) is 0 Å². The standard InChI is InChI=1S/C19H38N4O4S.HI/c1-7-20-17(22-15(2)10-12-28(6,25)26)21-13-16-9-8-11-23(14-16)18(24)27-19(3,4)5;/h15-16H,7-14H2,1-6H3,(H2,20,21,22);1H. The number of nitrogens with zero attached hydrogens (tertiary/aromatic N) is 2. The number of halogens is 1. The van der Waals surface area contributed by atoms with Crippen LogP contribution in [0.3, 0.4) is 0 Å². The van der Waals surface area contributed by atoms with E-state index in [0.29, 0.717) is 25.5 Å². The number of rotatable bonds is 7. The van der Waals surface area contributed by atoms with E-state index in [1.165, 1.54) is 6.26 Å². The van der Waals surface area contributed by atoms with Gasteiger partial charge in [0, 0.05) is 38.5 Å². The molecule has 0 radical (unpaired) electrons. The highest BCUT2D eigenvalue weighted by atomic mass is 127. The van der Waals surface area contributed by atoms with Crippen LogP contribution < -0.4 is 10.6 Å². The predicted molar refractivity (Wildman–Crippen MR) is 129 cm³/mol. The average molecular weight is 547 g/mol. The lowest BCUT2D eigenvalue weighted by atomic mass is 9.98. The molecule has 1 heterocycles. The summed E-state index contributed by atoms with van der Waals surface area (Å²) in [6.45, 7) is 12.2. The molecule has 1 aliphatic heterocycles. The van der Waals surface area contributed by atoms with Gasteiger partial charge in [-0.25, -0.2) is 13.2 Å². The quantitative estimate of drug-likeness (QED) is 0.290. The number of sulfone groups is 1. The number of likely N-dealkylation sites (tertiary alicyclic amines) is 1. The zero-order valence-electron chi connectivity index (χ0n) is 18.7. The zero-order chi connectivity index (χ0) is 21.4. The molecule has 172 valence electrons. The van der Waals surface area contributed by atoms with E-state index in [1.54, 1.807) is 4.90 Å². The molecule has 0 spiro atoms. The van der Waals surface area contributed by atoms with E-state index in [2.05, 4.69) is 15.6 Å². The molecule has 1 saturated heterocycles. The molecule has 0 aromatic heterocycles. The minimum Gasteiger partial charge on any atom is -0.444 e. The normalized spacial score (nSPS) is 19.2. The van der Waals surface area contributed by atoms with Gasteiger partial charge in [-0.15, -0.1) is 24.0 Å². The summed E-state index contributed by atoms with van der Waals surface area (Å²) in [6.07, 6.45) is 3.47. The molecule has 0 bridgehead atoms. The highest BCUT2D eigenvalue weighted by Crippen LogP contribution is 2.19. The third-order valence-electron chi connectivity index (χ3n) is 4.33. The maximum absolute atomic E-state index is 12.3. The van der Waals surface area contributed by atoms with E-state index in [0.717, 1.165) is 25.9 Å². The molecular formula is C19H39IN4O4S. The van der Waals surface area contributed by atoms with Crippen molar-refractivity contribution < 1.29 is 17.9 Å². The van der Waals surface area contributed by atoms with Gasteiger partial charge in [-0.1, -0.05) is 0 Å². The second-order valence-corrected chi connectivity index (χ2v) is 10.9. The van der Waals surface area contributed by atoms with Gasteiger partial charge < -0.3 is 20.3 Å². The van der Waals surface area contributed by atoms with Gasteiger partial charge in [-0.2, -0.15) is 0 Å². The van der Waals surface area contributed by atoms with Gasteiger partial charge in [0.1, 0.15) is 15.4 Å². The Hall–Kier alpha value is -0.780. The summed E-state index contributed by atoms with van der Waals surface area (Å²) in [7, 11) is -2.97. The molecule has 1 amide bonds. The number of hydrogen-bond donors (Lipinski definition) is 2. The van der Waals surface area contributed by atoms with Crippen LogP contribution in [-0.4, -0.2) is 75.2 Å². The number of nitrogens with one attached hydrogen (secondary N) is 2. The molecule has 29 heavy (non-hydrogen) atoms. The topological polar surface area (TPSA) is 100 Å². The second-order valence-electron chi connectivity index (χ2n) is 8.62. The summed E-state index contributed by atoms with van der Waals surface area (Å²) in [4.78, 5) is 18.7. The molecule has 0 aromatic rings. The minimum absolute atomic E-state index is 0. The van der Waals surface area contributed by atoms with Crippen LogP contribution in [0.5, 0.6) is 0 Å². The number of guanidine groups is 1. The molecule has 1 fully saturated rings. The third kappa shape index (κ3) is 13.2. The average Bonchev–Trinajstić information content (AvgIpc) is 2.56. The van der Waals surface area contributed by atoms with Crippen LogP contribution in [0.15, 0.2) is 4.99 Å². The minimum atomic E-state index is -2.97. The van der Waals surface area contributed by atoms with Crippen molar-refractivity contribution in [1.82, 2.24) is 15.5 Å². The van der Waals surface area contributed by atoms with Crippen LogP contribution in [0.25, 0.3) is 0 Å². The van der Waals surface area contributed by atoms with Crippen LogP contribution in [0.4, 0.5) is 4.79 Å². The fourth-order valence-electron chi connectivity index (χ4n) is 2.94. The van der Waals surface area contributed by atoms with E-state index >= 15 is 0 Å². The van der Waals surface area contributed by atoms with E-state index in [9.17, 15) is 13.2 Å². The second kappa shape index (κ2) is 12.8. The van der Waals surface area contributed by atoms with Gasteiger partial charge in [0.05, 0.1) is 5.75 Å². The Kier molecular flexibility index (Phi) is 12.5. The summed E-state index contributed by atoms with van der Waals surface area (Å²) >= 11 is 0. The first-order chi connectivity index (χ1) is 12.9. The van der Waals surface area contributed by atoms with Gasteiger partial charge in [0.15, 0.2) is 5.96 Å². The van der Waals surface area contributed by atoms with Crippen LogP contribution >= 0.6 is 24.0 Å². The summed E-state index contributed by atoms with van der Waals surface area (Å²) in [5.74, 6) is 1.11. The lowest BCUT2D eigenvalue weighted by Crippen LogP contribution is -2.45. The molecule has 2 unspecified atom stereocenters. The Bertz CT molecular complexity index is 635.